The molecule has 0 bridgehead atoms. The lowest BCUT2D eigenvalue weighted by molar-refractivity contribution is 0.568. The van der Waals surface area contributed by atoms with Crippen LogP contribution in [0.2, 0.25) is 10.3 Å². The molecule has 0 aromatic carbocycles. The molecule has 1 fully saturated rings. The second-order valence-corrected chi connectivity index (χ2v) is 6.97. The van der Waals surface area contributed by atoms with E-state index in [0.717, 1.165) is 0 Å². The highest BCUT2D eigenvalue weighted by molar-refractivity contribution is 7.91. The molecular formula is C9H11Cl2N3O2S. The third-order valence-corrected chi connectivity index (χ3v) is 4.93. The Kier molecular flexibility index (Phi) is 3.47. The third-order valence-electron chi connectivity index (χ3n) is 2.68. The Labute approximate surface area is 110 Å². The first kappa shape index (κ1) is 12.9. The molecule has 0 amide bonds. The van der Waals surface area contributed by atoms with Crippen LogP contribution in [0.5, 0.6) is 0 Å². The van der Waals surface area contributed by atoms with E-state index in [0.29, 0.717) is 12.2 Å². The van der Waals surface area contributed by atoms with Gasteiger partial charge < -0.3 is 4.90 Å². The summed E-state index contributed by atoms with van der Waals surface area (Å²) in [6.45, 7) is 2.23. The van der Waals surface area contributed by atoms with Crippen molar-refractivity contribution in [1.82, 2.24) is 10.2 Å². The number of sulfone groups is 1. The number of rotatable bonds is 1. The summed E-state index contributed by atoms with van der Waals surface area (Å²) in [7, 11) is -2.95. The van der Waals surface area contributed by atoms with Gasteiger partial charge in [-0.25, -0.2) is 8.42 Å². The van der Waals surface area contributed by atoms with Crippen molar-refractivity contribution in [3.63, 3.8) is 0 Å². The molecule has 17 heavy (non-hydrogen) atoms. The maximum atomic E-state index is 11.5. The highest BCUT2D eigenvalue weighted by Gasteiger charge is 2.29. The Hall–Kier alpha value is -0.590. The van der Waals surface area contributed by atoms with Crippen LogP contribution in [0.1, 0.15) is 6.92 Å². The SMILES string of the molecule is CC1CS(=O)(=O)CCN1c1cc(Cl)nnc1Cl. The van der Waals surface area contributed by atoms with E-state index in [1.165, 1.54) is 0 Å². The van der Waals surface area contributed by atoms with Gasteiger partial charge in [0.25, 0.3) is 0 Å². The molecule has 0 spiro atoms. The summed E-state index contributed by atoms with van der Waals surface area (Å²) in [4.78, 5) is 1.89. The van der Waals surface area contributed by atoms with Gasteiger partial charge in [-0.15, -0.1) is 10.2 Å². The molecule has 1 aliphatic heterocycles. The Balaban J connectivity index is 2.32. The van der Waals surface area contributed by atoms with Crippen LogP contribution in [-0.4, -0.2) is 42.7 Å². The Bertz CT molecular complexity index is 535. The van der Waals surface area contributed by atoms with Gasteiger partial charge in [0, 0.05) is 18.7 Å². The molecule has 0 aliphatic carbocycles. The third kappa shape index (κ3) is 2.81. The summed E-state index contributed by atoms with van der Waals surface area (Å²) in [6.07, 6.45) is 0. The second kappa shape index (κ2) is 4.59. The van der Waals surface area contributed by atoms with Gasteiger partial charge >= 0.3 is 0 Å². The summed E-state index contributed by atoms with van der Waals surface area (Å²) >= 11 is 11.7. The number of aromatic nitrogens is 2. The van der Waals surface area contributed by atoms with Crippen LogP contribution in [0.15, 0.2) is 6.07 Å². The highest BCUT2D eigenvalue weighted by atomic mass is 35.5. The first-order valence-corrected chi connectivity index (χ1v) is 7.62. The van der Waals surface area contributed by atoms with E-state index in [1.807, 2.05) is 11.8 Å². The van der Waals surface area contributed by atoms with Crippen molar-refractivity contribution in [2.24, 2.45) is 0 Å². The molecule has 1 unspecified atom stereocenters. The topological polar surface area (TPSA) is 63.2 Å². The molecule has 0 radical (unpaired) electrons. The van der Waals surface area contributed by atoms with E-state index in [1.54, 1.807) is 6.07 Å². The first-order valence-electron chi connectivity index (χ1n) is 5.05. The van der Waals surface area contributed by atoms with E-state index in [9.17, 15) is 8.42 Å². The average molecular weight is 296 g/mol. The minimum Gasteiger partial charge on any atom is -0.364 e. The van der Waals surface area contributed by atoms with Crippen LogP contribution in [-0.2, 0) is 9.84 Å². The second-order valence-electron chi connectivity index (χ2n) is 4.00. The molecule has 1 saturated heterocycles. The van der Waals surface area contributed by atoms with E-state index in [2.05, 4.69) is 10.2 Å². The van der Waals surface area contributed by atoms with Crippen molar-refractivity contribution >= 4 is 38.7 Å². The molecule has 1 aromatic heterocycles. The predicted octanol–water partition coefficient (Wildman–Crippen LogP) is 1.41. The minimum atomic E-state index is -2.95. The summed E-state index contributed by atoms with van der Waals surface area (Å²) in [5.41, 5.74) is 0.633. The number of halogens is 2. The molecule has 1 aliphatic rings. The lowest BCUT2D eigenvalue weighted by Crippen LogP contribution is -2.47. The maximum Gasteiger partial charge on any atom is 0.175 e. The first-order chi connectivity index (χ1) is 7.89. The summed E-state index contributed by atoms with van der Waals surface area (Å²) < 4.78 is 23.0. The Morgan fingerprint density at radius 1 is 1.41 bits per heavy atom. The summed E-state index contributed by atoms with van der Waals surface area (Å²) in [6, 6.07) is 1.46. The van der Waals surface area contributed by atoms with Crippen LogP contribution < -0.4 is 4.90 Å². The van der Waals surface area contributed by atoms with E-state index < -0.39 is 9.84 Å². The van der Waals surface area contributed by atoms with E-state index in [-0.39, 0.29) is 27.9 Å². The van der Waals surface area contributed by atoms with Crippen molar-refractivity contribution in [3.8, 4) is 0 Å². The fraction of sp³-hybridized carbons (Fsp3) is 0.556. The molecule has 94 valence electrons. The van der Waals surface area contributed by atoms with Crippen molar-refractivity contribution in [3.05, 3.63) is 16.4 Å². The molecular weight excluding hydrogens is 285 g/mol. The van der Waals surface area contributed by atoms with E-state index in [4.69, 9.17) is 23.2 Å². The quantitative estimate of drug-likeness (QED) is 0.784. The molecule has 1 aromatic rings. The van der Waals surface area contributed by atoms with Crippen LogP contribution >= 0.6 is 23.2 Å². The lowest BCUT2D eigenvalue weighted by atomic mass is 10.2. The Morgan fingerprint density at radius 3 is 2.76 bits per heavy atom. The van der Waals surface area contributed by atoms with Crippen LogP contribution in [0.25, 0.3) is 0 Å². The average Bonchev–Trinajstić information content (AvgIpc) is 2.21. The fourth-order valence-electron chi connectivity index (χ4n) is 1.90. The van der Waals surface area contributed by atoms with Gasteiger partial charge in [0.15, 0.2) is 20.1 Å². The molecule has 1 atom stereocenters. The molecule has 5 nitrogen and oxygen atoms in total. The lowest BCUT2D eigenvalue weighted by Gasteiger charge is -2.35. The summed E-state index contributed by atoms with van der Waals surface area (Å²) in [5, 5.41) is 7.82. The van der Waals surface area contributed by atoms with Gasteiger partial charge in [0.05, 0.1) is 17.2 Å². The monoisotopic (exact) mass is 295 g/mol. The van der Waals surface area contributed by atoms with Crippen molar-refractivity contribution in [1.29, 1.82) is 0 Å². The van der Waals surface area contributed by atoms with Gasteiger partial charge in [-0.3, -0.25) is 0 Å². The standard InChI is InChI=1S/C9H11Cl2N3O2S/c1-6-5-17(15,16)3-2-14(6)7-4-8(10)12-13-9(7)11/h4,6H,2-3,5H2,1H3. The predicted molar refractivity (Wildman–Crippen MR) is 67.5 cm³/mol. The van der Waals surface area contributed by atoms with Gasteiger partial charge in [-0.05, 0) is 6.92 Å². The van der Waals surface area contributed by atoms with E-state index >= 15 is 0 Å². The number of hydrogen-bond acceptors (Lipinski definition) is 5. The van der Waals surface area contributed by atoms with Gasteiger partial charge in [-0.2, -0.15) is 0 Å². The van der Waals surface area contributed by atoms with Crippen LogP contribution in [0.4, 0.5) is 5.69 Å². The number of nitrogens with zero attached hydrogens (tertiary/aromatic N) is 3. The zero-order chi connectivity index (χ0) is 12.6. The smallest absolute Gasteiger partial charge is 0.175 e. The van der Waals surface area contributed by atoms with Crippen molar-refractivity contribution in [2.75, 3.05) is 23.0 Å². The molecule has 0 N–H and O–H groups in total. The van der Waals surface area contributed by atoms with Crippen molar-refractivity contribution < 1.29 is 8.42 Å². The van der Waals surface area contributed by atoms with Crippen LogP contribution in [0, 0.1) is 0 Å². The normalized spacial score (nSPS) is 23.7. The number of hydrogen-bond donors (Lipinski definition) is 0. The number of anilines is 1. The molecule has 8 heteroatoms. The van der Waals surface area contributed by atoms with Gasteiger partial charge in [0.1, 0.15) is 0 Å². The largest absolute Gasteiger partial charge is 0.364 e. The molecule has 0 saturated carbocycles. The Morgan fingerprint density at radius 2 is 2.12 bits per heavy atom. The zero-order valence-corrected chi connectivity index (χ0v) is 11.4. The summed E-state index contributed by atoms with van der Waals surface area (Å²) in [5.74, 6) is 0.233. The minimum absolute atomic E-state index is 0.114. The maximum absolute atomic E-state index is 11.5. The molecule has 2 heterocycles. The van der Waals surface area contributed by atoms with Gasteiger partial charge in [-0.1, -0.05) is 23.2 Å². The zero-order valence-electron chi connectivity index (χ0n) is 9.10. The van der Waals surface area contributed by atoms with Crippen molar-refractivity contribution in [2.45, 2.75) is 13.0 Å². The fourth-order valence-corrected chi connectivity index (χ4v) is 3.80. The van der Waals surface area contributed by atoms with Crippen LogP contribution in [0.3, 0.4) is 0 Å². The molecule has 2 rings (SSSR count). The van der Waals surface area contributed by atoms with Gasteiger partial charge in [0.2, 0.25) is 0 Å². The highest BCUT2D eigenvalue weighted by Crippen LogP contribution is 2.28.